The van der Waals surface area contributed by atoms with E-state index in [-0.39, 0.29) is 18.5 Å². The number of carbonyl (C=O) groups is 1. The minimum atomic E-state index is -0.118. The Kier molecular flexibility index (Phi) is 5.71. The largest absolute Gasteiger partial charge is 0.497 e. The Morgan fingerprint density at radius 2 is 1.93 bits per heavy atom. The van der Waals surface area contributed by atoms with Crippen molar-refractivity contribution in [3.05, 3.63) is 47.8 Å². The molecule has 1 amide bonds. The molecule has 0 spiro atoms. The predicted molar refractivity (Wildman–Crippen MR) is 109 cm³/mol. The van der Waals surface area contributed by atoms with Crippen molar-refractivity contribution in [3.8, 4) is 5.75 Å². The first-order valence-corrected chi connectivity index (χ1v) is 9.97. The molecule has 152 valence electrons. The highest BCUT2D eigenvalue weighted by atomic mass is 16.5. The maximum absolute atomic E-state index is 12.6. The molecule has 1 N–H and O–H groups in total. The van der Waals surface area contributed by atoms with Crippen LogP contribution < -0.4 is 10.1 Å². The molecule has 4 rings (SSSR count). The Morgan fingerprint density at radius 1 is 1.17 bits per heavy atom. The molecule has 0 unspecified atom stereocenters. The molecule has 1 aromatic heterocycles. The number of fused-ring (bicyclic) bond motifs is 1. The first-order valence-electron chi connectivity index (χ1n) is 9.97. The van der Waals surface area contributed by atoms with Crippen LogP contribution in [0, 0.1) is 0 Å². The molecule has 8 nitrogen and oxygen atoms in total. The van der Waals surface area contributed by atoms with Gasteiger partial charge in [0.25, 0.3) is 0 Å². The zero-order valence-corrected chi connectivity index (χ0v) is 16.8. The van der Waals surface area contributed by atoms with E-state index in [9.17, 15) is 4.79 Å². The number of ether oxygens (including phenoxy) is 1. The van der Waals surface area contributed by atoms with Crippen LogP contribution in [0.25, 0.3) is 10.8 Å². The summed E-state index contributed by atoms with van der Waals surface area (Å²) in [7, 11) is 1.66. The minimum absolute atomic E-state index is 0.109. The fraction of sp³-hybridized carbons (Fsp3) is 0.429. The average molecular weight is 394 g/mol. The van der Waals surface area contributed by atoms with Crippen molar-refractivity contribution in [2.24, 2.45) is 0 Å². The Hall–Kier alpha value is -3.00. The second-order valence-electron chi connectivity index (χ2n) is 7.50. The molecule has 8 heteroatoms. The second-order valence-corrected chi connectivity index (χ2v) is 7.50. The van der Waals surface area contributed by atoms with Gasteiger partial charge in [0.15, 0.2) is 5.82 Å². The summed E-state index contributed by atoms with van der Waals surface area (Å²) in [4.78, 5) is 14.9. The summed E-state index contributed by atoms with van der Waals surface area (Å²) in [5.41, 5.74) is 1.05. The predicted octanol–water partition coefficient (Wildman–Crippen LogP) is 2.31. The fourth-order valence-corrected chi connectivity index (χ4v) is 3.75. The van der Waals surface area contributed by atoms with Gasteiger partial charge in [-0.15, -0.1) is 5.10 Å². The van der Waals surface area contributed by atoms with Gasteiger partial charge < -0.3 is 10.1 Å². The number of rotatable bonds is 7. The summed E-state index contributed by atoms with van der Waals surface area (Å²) in [6.07, 6.45) is 2.41. The van der Waals surface area contributed by atoms with E-state index in [0.717, 1.165) is 41.0 Å². The number of methoxy groups -OCH3 is 1. The van der Waals surface area contributed by atoms with Gasteiger partial charge in [0.05, 0.1) is 19.7 Å². The van der Waals surface area contributed by atoms with Crippen LogP contribution in [0.1, 0.15) is 37.2 Å². The average Bonchev–Trinajstić information content (AvgIpc) is 3.40. The van der Waals surface area contributed by atoms with Gasteiger partial charge in [-0.05, 0) is 77.8 Å². The first-order chi connectivity index (χ1) is 14.1. The van der Waals surface area contributed by atoms with Crippen molar-refractivity contribution in [2.45, 2.75) is 38.9 Å². The van der Waals surface area contributed by atoms with Gasteiger partial charge in [-0.3, -0.25) is 9.69 Å². The topological polar surface area (TPSA) is 85.2 Å². The molecule has 29 heavy (non-hydrogen) atoms. The fourth-order valence-electron chi connectivity index (χ4n) is 3.75. The molecule has 3 aromatic rings. The molecule has 1 aliphatic rings. The number of amides is 1. The maximum Gasteiger partial charge on any atom is 0.242 e. The van der Waals surface area contributed by atoms with Gasteiger partial charge in [0.1, 0.15) is 12.3 Å². The molecule has 1 aliphatic heterocycles. The third-order valence-corrected chi connectivity index (χ3v) is 5.41. The highest BCUT2D eigenvalue weighted by Crippen LogP contribution is 2.24. The third kappa shape index (κ3) is 4.54. The van der Waals surface area contributed by atoms with Gasteiger partial charge in [0.2, 0.25) is 5.91 Å². The smallest absolute Gasteiger partial charge is 0.242 e. The number of carbonyl (C=O) groups excluding carboxylic acids is 1. The van der Waals surface area contributed by atoms with Crippen LogP contribution in [0.4, 0.5) is 0 Å². The molecule has 0 radical (unpaired) electrons. The van der Waals surface area contributed by atoms with Crippen molar-refractivity contribution in [3.63, 3.8) is 0 Å². The van der Waals surface area contributed by atoms with Crippen LogP contribution in [-0.2, 0) is 17.9 Å². The van der Waals surface area contributed by atoms with Crippen LogP contribution in [0.5, 0.6) is 5.75 Å². The van der Waals surface area contributed by atoms with E-state index in [4.69, 9.17) is 4.74 Å². The van der Waals surface area contributed by atoms with Gasteiger partial charge in [-0.25, -0.2) is 4.68 Å². The number of likely N-dealkylation sites (tertiary alicyclic amines) is 1. The molecule has 1 fully saturated rings. The zero-order chi connectivity index (χ0) is 20.2. The lowest BCUT2D eigenvalue weighted by Crippen LogP contribution is -2.31. The molecule has 1 atom stereocenters. The molecule has 1 saturated heterocycles. The molecule has 0 aliphatic carbocycles. The van der Waals surface area contributed by atoms with Crippen LogP contribution in [-0.4, -0.2) is 51.2 Å². The van der Waals surface area contributed by atoms with Crippen LogP contribution in [0.15, 0.2) is 36.4 Å². The number of benzene rings is 2. The molecular weight excluding hydrogens is 368 g/mol. The van der Waals surface area contributed by atoms with E-state index in [1.165, 1.54) is 12.8 Å². The summed E-state index contributed by atoms with van der Waals surface area (Å²) in [5.74, 6) is 1.45. The first kappa shape index (κ1) is 19.3. The van der Waals surface area contributed by atoms with E-state index < -0.39 is 0 Å². The Morgan fingerprint density at radius 3 is 2.72 bits per heavy atom. The number of hydrogen-bond acceptors (Lipinski definition) is 6. The standard InChI is InChI=1S/C21H26N6O2/c1-15(16-5-6-18-12-19(29-2)8-7-17(18)11-16)22-21(28)14-27-20(23-24-25-27)13-26-9-3-4-10-26/h5-8,11-12,15H,3-4,9-10,13-14H2,1-2H3,(H,22,28)/t15-/m1/s1. The quantitative estimate of drug-likeness (QED) is 0.662. The molecular formula is C21H26N6O2. The van der Waals surface area contributed by atoms with Crippen molar-refractivity contribution in [1.29, 1.82) is 0 Å². The lowest BCUT2D eigenvalue weighted by molar-refractivity contribution is -0.122. The van der Waals surface area contributed by atoms with Crippen molar-refractivity contribution in [2.75, 3.05) is 20.2 Å². The SMILES string of the molecule is COc1ccc2cc([C@@H](C)NC(=O)Cn3nnnc3CN3CCCC3)ccc2c1. The highest BCUT2D eigenvalue weighted by Gasteiger charge is 2.18. The minimum Gasteiger partial charge on any atom is -0.497 e. The summed E-state index contributed by atoms with van der Waals surface area (Å²) >= 11 is 0. The van der Waals surface area contributed by atoms with E-state index in [1.807, 2.05) is 37.3 Å². The maximum atomic E-state index is 12.6. The van der Waals surface area contributed by atoms with Crippen molar-refractivity contribution >= 4 is 16.7 Å². The van der Waals surface area contributed by atoms with Gasteiger partial charge in [-0.2, -0.15) is 0 Å². The Bertz CT molecular complexity index is 996. The molecule has 2 heterocycles. The number of nitrogens with one attached hydrogen (secondary N) is 1. The van der Waals surface area contributed by atoms with E-state index >= 15 is 0 Å². The summed E-state index contributed by atoms with van der Waals surface area (Å²) in [5, 5.41) is 17.1. The number of aromatic nitrogens is 4. The van der Waals surface area contributed by atoms with Gasteiger partial charge >= 0.3 is 0 Å². The molecule has 2 aromatic carbocycles. The molecule has 0 saturated carbocycles. The van der Waals surface area contributed by atoms with E-state index in [1.54, 1.807) is 11.8 Å². The Labute approximate surface area is 169 Å². The summed E-state index contributed by atoms with van der Waals surface area (Å²) < 4.78 is 6.87. The normalized spacial score (nSPS) is 15.5. The van der Waals surface area contributed by atoms with Crippen molar-refractivity contribution < 1.29 is 9.53 Å². The summed E-state index contributed by atoms with van der Waals surface area (Å²) in [6.45, 7) is 4.90. The van der Waals surface area contributed by atoms with E-state index in [2.05, 4.69) is 31.8 Å². The number of hydrogen-bond donors (Lipinski definition) is 1. The zero-order valence-electron chi connectivity index (χ0n) is 16.8. The second kappa shape index (κ2) is 8.57. The number of tetrazole rings is 1. The monoisotopic (exact) mass is 394 g/mol. The third-order valence-electron chi connectivity index (χ3n) is 5.41. The van der Waals surface area contributed by atoms with Gasteiger partial charge in [-0.1, -0.05) is 18.2 Å². The Balaban J connectivity index is 1.39. The van der Waals surface area contributed by atoms with Crippen LogP contribution in [0.2, 0.25) is 0 Å². The summed E-state index contributed by atoms with van der Waals surface area (Å²) in [6, 6.07) is 12.0. The van der Waals surface area contributed by atoms with E-state index in [0.29, 0.717) is 6.54 Å². The van der Waals surface area contributed by atoms with Gasteiger partial charge in [0, 0.05) is 0 Å². The van der Waals surface area contributed by atoms with Crippen molar-refractivity contribution in [1.82, 2.24) is 30.4 Å². The van der Waals surface area contributed by atoms with Crippen LogP contribution >= 0.6 is 0 Å². The lowest BCUT2D eigenvalue weighted by atomic mass is 10.0. The lowest BCUT2D eigenvalue weighted by Gasteiger charge is -2.16. The highest BCUT2D eigenvalue weighted by molar-refractivity contribution is 5.85. The number of nitrogens with zero attached hydrogens (tertiary/aromatic N) is 5. The molecule has 0 bridgehead atoms. The van der Waals surface area contributed by atoms with Crippen LogP contribution in [0.3, 0.4) is 0 Å².